The number of aliphatic hydroxyl groups is 1. The summed E-state index contributed by atoms with van der Waals surface area (Å²) >= 11 is 1.52. The van der Waals surface area contributed by atoms with Gasteiger partial charge in [-0.05, 0) is 37.1 Å². The van der Waals surface area contributed by atoms with Crippen molar-refractivity contribution in [3.8, 4) is 0 Å². The number of rotatable bonds is 4. The molecule has 1 fully saturated rings. The van der Waals surface area contributed by atoms with Crippen LogP contribution in [0.4, 0.5) is 0 Å². The van der Waals surface area contributed by atoms with Crippen molar-refractivity contribution >= 4 is 11.8 Å². The molecular weight excluding hydrogens is 224 g/mol. The first-order chi connectivity index (χ1) is 7.56. The molecule has 2 rings (SSSR count). The third-order valence-corrected chi connectivity index (χ3v) is 4.07. The highest BCUT2D eigenvalue weighted by Crippen LogP contribution is 2.31. The van der Waals surface area contributed by atoms with E-state index in [4.69, 9.17) is 0 Å². The normalized spacial score (nSPS) is 18.2. The van der Waals surface area contributed by atoms with Crippen LogP contribution in [0.25, 0.3) is 0 Å². The van der Waals surface area contributed by atoms with Gasteiger partial charge in [0.05, 0.1) is 11.6 Å². The van der Waals surface area contributed by atoms with Crippen molar-refractivity contribution in [1.82, 2.24) is 20.2 Å². The van der Waals surface area contributed by atoms with Crippen molar-refractivity contribution in [1.29, 1.82) is 0 Å². The van der Waals surface area contributed by atoms with E-state index in [-0.39, 0.29) is 0 Å². The molecule has 0 saturated heterocycles. The fourth-order valence-electron chi connectivity index (χ4n) is 1.90. The molecule has 1 heterocycles. The smallest absolute Gasteiger partial charge is 0.209 e. The SMILES string of the molecule is CC(C)(O)CSc1nnnn1C1CCCC1. The zero-order valence-electron chi connectivity index (χ0n) is 9.76. The molecule has 0 unspecified atom stereocenters. The fourth-order valence-corrected chi connectivity index (χ4v) is 2.79. The maximum Gasteiger partial charge on any atom is 0.209 e. The highest BCUT2D eigenvalue weighted by Gasteiger charge is 2.23. The summed E-state index contributed by atoms with van der Waals surface area (Å²) in [5.74, 6) is 0.611. The van der Waals surface area contributed by atoms with Gasteiger partial charge in [0.1, 0.15) is 0 Å². The van der Waals surface area contributed by atoms with Crippen molar-refractivity contribution in [2.75, 3.05) is 5.75 Å². The topological polar surface area (TPSA) is 63.8 Å². The van der Waals surface area contributed by atoms with Gasteiger partial charge >= 0.3 is 0 Å². The Morgan fingerprint density at radius 1 is 1.44 bits per heavy atom. The first-order valence-electron chi connectivity index (χ1n) is 5.69. The summed E-state index contributed by atoms with van der Waals surface area (Å²) in [5.41, 5.74) is -0.683. The zero-order valence-corrected chi connectivity index (χ0v) is 10.6. The minimum absolute atomic E-state index is 0.458. The van der Waals surface area contributed by atoms with Crippen LogP contribution in [0.1, 0.15) is 45.6 Å². The molecule has 1 aromatic rings. The standard InChI is InChI=1S/C10H18N4OS/c1-10(2,15)7-16-9-11-12-13-14(9)8-5-3-4-6-8/h8,15H,3-7H2,1-2H3. The van der Waals surface area contributed by atoms with Crippen LogP contribution in [0.2, 0.25) is 0 Å². The summed E-state index contributed by atoms with van der Waals surface area (Å²) < 4.78 is 1.92. The van der Waals surface area contributed by atoms with Crippen LogP contribution >= 0.6 is 11.8 Å². The molecule has 0 aliphatic heterocycles. The molecule has 0 spiro atoms. The molecule has 0 bridgehead atoms. The van der Waals surface area contributed by atoms with Crippen LogP contribution in [-0.2, 0) is 0 Å². The van der Waals surface area contributed by atoms with Crippen molar-refractivity contribution < 1.29 is 5.11 Å². The molecule has 1 aromatic heterocycles. The molecule has 0 atom stereocenters. The molecule has 5 nitrogen and oxygen atoms in total. The molecule has 1 aliphatic carbocycles. The Hall–Kier alpha value is -0.620. The average molecular weight is 242 g/mol. The summed E-state index contributed by atoms with van der Waals surface area (Å²) in [6.45, 7) is 3.59. The molecule has 90 valence electrons. The fraction of sp³-hybridized carbons (Fsp3) is 0.900. The lowest BCUT2D eigenvalue weighted by Crippen LogP contribution is -2.22. The maximum atomic E-state index is 9.67. The van der Waals surface area contributed by atoms with Gasteiger partial charge in [-0.1, -0.05) is 24.6 Å². The Balaban J connectivity index is 2.01. The van der Waals surface area contributed by atoms with Crippen molar-refractivity contribution in [2.24, 2.45) is 0 Å². The average Bonchev–Trinajstić information content (AvgIpc) is 2.84. The van der Waals surface area contributed by atoms with Gasteiger partial charge in [-0.2, -0.15) is 0 Å². The summed E-state index contributed by atoms with van der Waals surface area (Å²) in [7, 11) is 0. The summed E-state index contributed by atoms with van der Waals surface area (Å²) in [5, 5.41) is 22.3. The number of thioether (sulfide) groups is 1. The van der Waals surface area contributed by atoms with Crippen molar-refractivity contribution in [2.45, 2.75) is 56.3 Å². The van der Waals surface area contributed by atoms with Crippen molar-refractivity contribution in [3.05, 3.63) is 0 Å². The van der Waals surface area contributed by atoms with Crippen LogP contribution in [0, 0.1) is 0 Å². The van der Waals surface area contributed by atoms with Crippen molar-refractivity contribution in [3.63, 3.8) is 0 Å². The predicted octanol–water partition coefficient (Wildman–Crippen LogP) is 1.65. The number of hydrogen-bond donors (Lipinski definition) is 1. The molecule has 1 saturated carbocycles. The molecule has 6 heteroatoms. The highest BCUT2D eigenvalue weighted by atomic mass is 32.2. The molecule has 0 radical (unpaired) electrons. The Bertz CT molecular complexity index is 341. The maximum absolute atomic E-state index is 9.67. The second-order valence-corrected chi connectivity index (χ2v) is 5.89. The van der Waals surface area contributed by atoms with Gasteiger partial charge in [-0.3, -0.25) is 0 Å². The van der Waals surface area contributed by atoms with Gasteiger partial charge in [0, 0.05) is 5.75 Å². The third kappa shape index (κ3) is 2.95. The van der Waals surface area contributed by atoms with Crippen LogP contribution < -0.4 is 0 Å². The zero-order chi connectivity index (χ0) is 11.6. The lowest BCUT2D eigenvalue weighted by Gasteiger charge is -2.16. The molecule has 1 aliphatic rings. The van der Waals surface area contributed by atoms with Gasteiger partial charge in [-0.15, -0.1) is 5.10 Å². The Morgan fingerprint density at radius 2 is 2.12 bits per heavy atom. The van der Waals surface area contributed by atoms with E-state index in [1.54, 1.807) is 13.8 Å². The number of nitrogens with zero attached hydrogens (tertiary/aromatic N) is 4. The van der Waals surface area contributed by atoms with E-state index in [1.165, 1.54) is 37.4 Å². The molecule has 0 aromatic carbocycles. The van der Waals surface area contributed by atoms with E-state index in [9.17, 15) is 5.11 Å². The Morgan fingerprint density at radius 3 is 2.75 bits per heavy atom. The molecular formula is C10H18N4OS. The third-order valence-electron chi connectivity index (χ3n) is 2.69. The molecule has 1 N–H and O–H groups in total. The summed E-state index contributed by atoms with van der Waals surface area (Å²) in [6.07, 6.45) is 4.86. The Kier molecular flexibility index (Phi) is 3.49. The van der Waals surface area contributed by atoms with Crippen LogP contribution in [-0.4, -0.2) is 36.7 Å². The lowest BCUT2D eigenvalue weighted by atomic mass is 10.2. The number of hydrogen-bond acceptors (Lipinski definition) is 5. The predicted molar refractivity (Wildman–Crippen MR) is 62.3 cm³/mol. The quantitative estimate of drug-likeness (QED) is 0.813. The summed E-state index contributed by atoms with van der Waals surface area (Å²) in [4.78, 5) is 0. The largest absolute Gasteiger partial charge is 0.390 e. The van der Waals surface area contributed by atoms with Crippen LogP contribution in [0.5, 0.6) is 0 Å². The van der Waals surface area contributed by atoms with Gasteiger partial charge in [0.25, 0.3) is 0 Å². The van der Waals surface area contributed by atoms with Gasteiger partial charge in [0.15, 0.2) is 0 Å². The van der Waals surface area contributed by atoms with Crippen LogP contribution in [0.3, 0.4) is 0 Å². The lowest BCUT2D eigenvalue weighted by molar-refractivity contribution is 0.107. The van der Waals surface area contributed by atoms with E-state index in [0.29, 0.717) is 11.8 Å². The Labute approximate surface area is 99.6 Å². The second-order valence-electron chi connectivity index (χ2n) is 4.95. The molecule has 16 heavy (non-hydrogen) atoms. The van der Waals surface area contributed by atoms with Gasteiger partial charge in [0.2, 0.25) is 5.16 Å². The van der Waals surface area contributed by atoms with Gasteiger partial charge in [-0.25, -0.2) is 4.68 Å². The highest BCUT2D eigenvalue weighted by molar-refractivity contribution is 7.99. The number of tetrazole rings is 1. The minimum Gasteiger partial charge on any atom is -0.390 e. The van der Waals surface area contributed by atoms with Crippen LogP contribution in [0.15, 0.2) is 5.16 Å². The number of aromatic nitrogens is 4. The van der Waals surface area contributed by atoms with E-state index in [2.05, 4.69) is 15.5 Å². The molecule has 0 amide bonds. The first kappa shape index (κ1) is 11.9. The monoisotopic (exact) mass is 242 g/mol. The van der Waals surface area contributed by atoms with E-state index in [1.807, 2.05) is 4.68 Å². The summed E-state index contributed by atoms with van der Waals surface area (Å²) in [6, 6.07) is 0.458. The second kappa shape index (κ2) is 4.71. The van der Waals surface area contributed by atoms with E-state index >= 15 is 0 Å². The minimum atomic E-state index is -0.683. The van der Waals surface area contributed by atoms with E-state index in [0.717, 1.165) is 5.16 Å². The first-order valence-corrected chi connectivity index (χ1v) is 6.68. The van der Waals surface area contributed by atoms with E-state index < -0.39 is 5.60 Å². The van der Waals surface area contributed by atoms with Gasteiger partial charge < -0.3 is 5.11 Å².